The molecule has 4 nitrogen and oxygen atoms in total. The van der Waals surface area contributed by atoms with E-state index in [1.54, 1.807) is 0 Å². The average Bonchev–Trinajstić information content (AvgIpc) is 2.71. The first-order valence-electron chi connectivity index (χ1n) is 4.04. The molecule has 72 valence electrons. The van der Waals surface area contributed by atoms with Gasteiger partial charge in [-0.2, -0.15) is 5.26 Å². The average molecular weight is 228 g/mol. The summed E-state index contributed by atoms with van der Waals surface area (Å²) >= 11 is 6.95. The van der Waals surface area contributed by atoms with Gasteiger partial charge in [0.25, 0.3) is 0 Å². The first kappa shape index (κ1) is 9.44. The van der Waals surface area contributed by atoms with Crippen LogP contribution in [0, 0.1) is 11.3 Å². The molecule has 0 saturated carbocycles. The van der Waals surface area contributed by atoms with E-state index in [0.29, 0.717) is 29.5 Å². The molecule has 0 atom stereocenters. The van der Waals surface area contributed by atoms with Gasteiger partial charge in [-0.25, -0.2) is 4.98 Å². The van der Waals surface area contributed by atoms with Gasteiger partial charge in [-0.05, 0) is 0 Å². The molecule has 1 fully saturated rings. The second-order valence-corrected chi connectivity index (χ2v) is 4.27. The summed E-state index contributed by atoms with van der Waals surface area (Å²) in [6.45, 7) is 1.06. The summed E-state index contributed by atoms with van der Waals surface area (Å²) in [5.41, 5.74) is 0. The van der Waals surface area contributed by atoms with Crippen molar-refractivity contribution >= 4 is 33.9 Å². The Morgan fingerprint density at radius 1 is 1.64 bits per heavy atom. The molecule has 6 heteroatoms. The number of ketones is 1. The van der Waals surface area contributed by atoms with Gasteiger partial charge >= 0.3 is 0 Å². The van der Waals surface area contributed by atoms with Crippen molar-refractivity contribution in [2.45, 2.75) is 6.42 Å². The maximum Gasteiger partial charge on any atom is 0.188 e. The smallest absolute Gasteiger partial charge is 0.188 e. The third-order valence-electron chi connectivity index (χ3n) is 1.97. The number of carbonyl (C=O) groups is 1. The van der Waals surface area contributed by atoms with Crippen molar-refractivity contribution in [3.63, 3.8) is 0 Å². The molecule has 2 heterocycles. The molecular weight excluding hydrogens is 222 g/mol. The van der Waals surface area contributed by atoms with Gasteiger partial charge in [-0.15, -0.1) is 0 Å². The van der Waals surface area contributed by atoms with Crippen LogP contribution in [0.2, 0.25) is 5.15 Å². The lowest BCUT2D eigenvalue weighted by Gasteiger charge is -2.10. The van der Waals surface area contributed by atoms with E-state index in [2.05, 4.69) is 4.98 Å². The van der Waals surface area contributed by atoms with Gasteiger partial charge in [-0.3, -0.25) is 4.79 Å². The molecule has 0 aromatic carbocycles. The Balaban J connectivity index is 2.25. The van der Waals surface area contributed by atoms with E-state index in [9.17, 15) is 4.79 Å². The summed E-state index contributed by atoms with van der Waals surface area (Å²) < 4.78 is 0. The van der Waals surface area contributed by atoms with Crippen LogP contribution < -0.4 is 4.90 Å². The van der Waals surface area contributed by atoms with E-state index in [0.717, 1.165) is 0 Å². The van der Waals surface area contributed by atoms with Crippen molar-refractivity contribution in [3.8, 4) is 6.07 Å². The summed E-state index contributed by atoms with van der Waals surface area (Å²) in [6, 6.07) is 1.96. The third-order valence-corrected chi connectivity index (χ3v) is 3.38. The number of anilines is 1. The van der Waals surface area contributed by atoms with Gasteiger partial charge in [0, 0.05) is 13.0 Å². The lowest BCUT2D eigenvalue weighted by Crippen LogP contribution is -2.18. The molecule has 1 aliphatic heterocycles. The predicted molar refractivity (Wildman–Crippen MR) is 53.7 cm³/mol. The van der Waals surface area contributed by atoms with Crippen LogP contribution in [-0.4, -0.2) is 23.9 Å². The Labute approximate surface area is 89.7 Å². The highest BCUT2D eigenvalue weighted by Crippen LogP contribution is 2.30. The summed E-state index contributed by atoms with van der Waals surface area (Å²) in [4.78, 5) is 17.3. The third kappa shape index (κ3) is 1.59. The molecule has 1 aliphatic rings. The topological polar surface area (TPSA) is 57.0 Å². The molecule has 0 N–H and O–H groups in total. The number of rotatable bonds is 1. The number of hydrogen-bond acceptors (Lipinski definition) is 5. The van der Waals surface area contributed by atoms with Crippen molar-refractivity contribution < 1.29 is 4.79 Å². The summed E-state index contributed by atoms with van der Waals surface area (Å²) in [5, 5.41) is 9.57. The lowest BCUT2D eigenvalue weighted by molar-refractivity contribution is -0.116. The van der Waals surface area contributed by atoms with E-state index >= 15 is 0 Å². The van der Waals surface area contributed by atoms with Gasteiger partial charge in [0.2, 0.25) is 0 Å². The fraction of sp³-hybridized carbons (Fsp3) is 0.375. The molecular formula is C8H6ClN3OS. The van der Waals surface area contributed by atoms with Crippen LogP contribution in [0.3, 0.4) is 0 Å². The molecule has 0 spiro atoms. The zero-order chi connectivity index (χ0) is 10.1. The van der Waals surface area contributed by atoms with Crippen LogP contribution in [0.25, 0.3) is 0 Å². The second-order valence-electron chi connectivity index (χ2n) is 2.94. The fourth-order valence-electron chi connectivity index (χ4n) is 1.29. The van der Waals surface area contributed by atoms with Crippen LogP contribution in [0.1, 0.15) is 11.3 Å². The highest BCUT2D eigenvalue weighted by Gasteiger charge is 2.23. The number of thiazole rings is 1. The van der Waals surface area contributed by atoms with Crippen LogP contribution in [0.5, 0.6) is 0 Å². The standard InChI is InChI=1S/C8H6ClN3OS/c9-7-6(3-10)14-8(11-7)12-2-1-5(13)4-12/h1-2,4H2. The number of nitriles is 1. The zero-order valence-electron chi connectivity index (χ0n) is 7.16. The number of Topliss-reactive ketones (excluding diaryl/α,β-unsaturated/α-hetero) is 1. The van der Waals surface area contributed by atoms with Crippen molar-refractivity contribution in [2.75, 3.05) is 18.0 Å². The quantitative estimate of drug-likeness (QED) is 0.729. The predicted octanol–water partition coefficient (Wildman–Crippen LogP) is 1.45. The van der Waals surface area contributed by atoms with Crippen LogP contribution in [0.15, 0.2) is 0 Å². The van der Waals surface area contributed by atoms with Gasteiger partial charge in [0.05, 0.1) is 6.54 Å². The molecule has 1 aromatic rings. The largest absolute Gasteiger partial charge is 0.340 e. The van der Waals surface area contributed by atoms with E-state index in [4.69, 9.17) is 16.9 Å². The molecule has 0 unspecified atom stereocenters. The lowest BCUT2D eigenvalue weighted by atomic mass is 10.4. The van der Waals surface area contributed by atoms with Crippen LogP contribution in [-0.2, 0) is 4.79 Å². The monoisotopic (exact) mass is 227 g/mol. The molecule has 1 aromatic heterocycles. The number of aromatic nitrogens is 1. The van der Waals surface area contributed by atoms with Crippen LogP contribution >= 0.6 is 22.9 Å². The molecule has 14 heavy (non-hydrogen) atoms. The highest BCUT2D eigenvalue weighted by atomic mass is 35.5. The summed E-state index contributed by atoms with van der Waals surface area (Å²) in [7, 11) is 0. The van der Waals surface area contributed by atoms with Crippen LogP contribution in [0.4, 0.5) is 5.13 Å². The maximum absolute atomic E-state index is 11.0. The first-order valence-corrected chi connectivity index (χ1v) is 5.23. The van der Waals surface area contributed by atoms with Crippen molar-refractivity contribution in [1.82, 2.24) is 4.98 Å². The minimum Gasteiger partial charge on any atom is -0.340 e. The molecule has 0 bridgehead atoms. The molecule has 0 aliphatic carbocycles. The molecule has 1 saturated heterocycles. The van der Waals surface area contributed by atoms with Crippen molar-refractivity contribution in [2.24, 2.45) is 0 Å². The minimum atomic E-state index is 0.204. The Hall–Kier alpha value is -1.12. The normalized spacial score (nSPS) is 16.0. The Morgan fingerprint density at radius 3 is 2.93 bits per heavy atom. The Bertz CT molecular complexity index is 423. The van der Waals surface area contributed by atoms with E-state index in [1.165, 1.54) is 11.3 Å². The Kier molecular flexibility index (Phi) is 2.40. The van der Waals surface area contributed by atoms with Crippen molar-refractivity contribution in [3.05, 3.63) is 10.0 Å². The summed E-state index contributed by atoms with van der Waals surface area (Å²) in [6.07, 6.45) is 0.555. The van der Waals surface area contributed by atoms with Gasteiger partial charge in [0.1, 0.15) is 10.9 Å². The van der Waals surface area contributed by atoms with Gasteiger partial charge < -0.3 is 4.90 Å². The fourth-order valence-corrected chi connectivity index (χ4v) is 2.36. The zero-order valence-corrected chi connectivity index (χ0v) is 8.73. The van der Waals surface area contributed by atoms with E-state index in [1.807, 2.05) is 11.0 Å². The van der Waals surface area contributed by atoms with Crippen molar-refractivity contribution in [1.29, 1.82) is 5.26 Å². The molecule has 0 amide bonds. The number of carbonyl (C=O) groups excluding carboxylic acids is 1. The second kappa shape index (κ2) is 3.56. The minimum absolute atomic E-state index is 0.204. The molecule has 0 radical (unpaired) electrons. The molecule has 2 rings (SSSR count). The Morgan fingerprint density at radius 2 is 2.43 bits per heavy atom. The number of nitrogens with zero attached hydrogens (tertiary/aromatic N) is 3. The van der Waals surface area contributed by atoms with Gasteiger partial charge in [-0.1, -0.05) is 22.9 Å². The van der Waals surface area contributed by atoms with E-state index in [-0.39, 0.29) is 10.9 Å². The SMILES string of the molecule is N#Cc1sc(N2CCC(=O)C2)nc1Cl. The first-order chi connectivity index (χ1) is 6.70. The van der Waals surface area contributed by atoms with E-state index < -0.39 is 0 Å². The van der Waals surface area contributed by atoms with Gasteiger partial charge in [0.15, 0.2) is 16.1 Å². The summed E-state index contributed by atoms with van der Waals surface area (Å²) in [5.74, 6) is 0.204. The number of hydrogen-bond donors (Lipinski definition) is 0. The number of halogens is 1. The maximum atomic E-state index is 11.0. The highest BCUT2D eigenvalue weighted by molar-refractivity contribution is 7.16.